The Morgan fingerprint density at radius 2 is 1.93 bits per heavy atom. The lowest BCUT2D eigenvalue weighted by Gasteiger charge is -2.07. The van der Waals surface area contributed by atoms with Gasteiger partial charge in [-0.15, -0.1) is 11.3 Å². The standard InChI is InChI=1S/C22H20N2O3S/c1-26-11-10-23-22(25)21-19(14-6-4-3-5-7-14)17-13-24-18-9-8-15(27-2)12-16(18)20(17)28-21/h3-9,12-13H,10-11H2,1-2H3,(H,23,25). The number of fused-ring (bicyclic) bond motifs is 3. The van der Waals surface area contributed by atoms with Crippen molar-refractivity contribution in [2.75, 3.05) is 27.4 Å². The van der Waals surface area contributed by atoms with E-state index in [1.807, 2.05) is 54.7 Å². The molecule has 142 valence electrons. The molecular weight excluding hydrogens is 372 g/mol. The molecule has 5 nitrogen and oxygen atoms in total. The average Bonchev–Trinajstić information content (AvgIpc) is 3.14. The first-order valence-electron chi connectivity index (χ1n) is 8.94. The summed E-state index contributed by atoms with van der Waals surface area (Å²) in [6, 6.07) is 15.8. The van der Waals surface area contributed by atoms with E-state index in [1.54, 1.807) is 14.2 Å². The van der Waals surface area contributed by atoms with Gasteiger partial charge in [-0.25, -0.2) is 0 Å². The van der Waals surface area contributed by atoms with Crippen LogP contribution in [0.2, 0.25) is 0 Å². The van der Waals surface area contributed by atoms with Gasteiger partial charge in [-0.2, -0.15) is 0 Å². The Hall–Kier alpha value is -2.96. The first kappa shape index (κ1) is 18.4. The van der Waals surface area contributed by atoms with Crippen LogP contribution in [-0.4, -0.2) is 38.3 Å². The second-order valence-electron chi connectivity index (χ2n) is 6.30. The topological polar surface area (TPSA) is 60.5 Å². The molecule has 0 saturated carbocycles. The number of rotatable bonds is 6. The van der Waals surface area contributed by atoms with Crippen LogP contribution in [-0.2, 0) is 4.74 Å². The maximum atomic E-state index is 12.9. The van der Waals surface area contributed by atoms with Gasteiger partial charge in [0, 0.05) is 40.9 Å². The summed E-state index contributed by atoms with van der Waals surface area (Å²) < 4.78 is 11.5. The zero-order valence-electron chi connectivity index (χ0n) is 15.7. The first-order valence-corrected chi connectivity index (χ1v) is 9.76. The summed E-state index contributed by atoms with van der Waals surface area (Å²) in [4.78, 5) is 18.2. The van der Waals surface area contributed by atoms with E-state index >= 15 is 0 Å². The Balaban J connectivity index is 1.95. The van der Waals surface area contributed by atoms with Gasteiger partial charge < -0.3 is 14.8 Å². The summed E-state index contributed by atoms with van der Waals surface area (Å²) in [5.74, 6) is 0.663. The fourth-order valence-corrected chi connectivity index (χ4v) is 4.47. The summed E-state index contributed by atoms with van der Waals surface area (Å²) in [5, 5.41) is 4.89. The normalized spacial score (nSPS) is 11.1. The van der Waals surface area contributed by atoms with E-state index in [1.165, 1.54) is 11.3 Å². The summed E-state index contributed by atoms with van der Waals surface area (Å²) in [5.41, 5.74) is 2.78. The molecule has 0 fully saturated rings. The Morgan fingerprint density at radius 1 is 1.11 bits per heavy atom. The highest BCUT2D eigenvalue weighted by Crippen LogP contribution is 2.42. The number of pyridine rings is 1. The minimum Gasteiger partial charge on any atom is -0.497 e. The molecule has 0 atom stereocenters. The molecule has 4 rings (SSSR count). The largest absolute Gasteiger partial charge is 0.497 e. The quantitative estimate of drug-likeness (QED) is 0.491. The molecule has 6 heteroatoms. The minimum atomic E-state index is -0.104. The monoisotopic (exact) mass is 392 g/mol. The lowest BCUT2D eigenvalue weighted by atomic mass is 10.0. The van der Waals surface area contributed by atoms with Gasteiger partial charge in [0.15, 0.2) is 0 Å². The molecule has 0 bridgehead atoms. The molecule has 0 saturated heterocycles. The third-order valence-electron chi connectivity index (χ3n) is 4.59. The third kappa shape index (κ3) is 3.32. The van der Waals surface area contributed by atoms with Crippen molar-refractivity contribution >= 4 is 38.2 Å². The predicted molar refractivity (Wildman–Crippen MR) is 113 cm³/mol. The second-order valence-corrected chi connectivity index (χ2v) is 7.33. The molecule has 0 unspecified atom stereocenters. The van der Waals surface area contributed by atoms with Crippen LogP contribution in [0.25, 0.3) is 32.1 Å². The first-order chi connectivity index (χ1) is 13.7. The Morgan fingerprint density at radius 3 is 2.68 bits per heavy atom. The van der Waals surface area contributed by atoms with Crippen molar-refractivity contribution in [2.24, 2.45) is 0 Å². The molecule has 2 heterocycles. The maximum Gasteiger partial charge on any atom is 0.262 e. The molecule has 2 aromatic heterocycles. The summed E-state index contributed by atoms with van der Waals surface area (Å²) in [6.45, 7) is 0.934. The highest BCUT2D eigenvalue weighted by molar-refractivity contribution is 7.22. The van der Waals surface area contributed by atoms with E-state index in [0.717, 1.165) is 37.9 Å². The van der Waals surface area contributed by atoms with Crippen molar-refractivity contribution < 1.29 is 14.3 Å². The van der Waals surface area contributed by atoms with Gasteiger partial charge in [0.1, 0.15) is 10.6 Å². The summed E-state index contributed by atoms with van der Waals surface area (Å²) in [7, 11) is 3.26. The van der Waals surface area contributed by atoms with Crippen LogP contribution in [0.15, 0.2) is 54.7 Å². The average molecular weight is 392 g/mol. The van der Waals surface area contributed by atoms with E-state index in [2.05, 4.69) is 10.3 Å². The third-order valence-corrected chi connectivity index (χ3v) is 5.82. The van der Waals surface area contributed by atoms with Gasteiger partial charge >= 0.3 is 0 Å². The number of thiophene rings is 1. The Bertz CT molecular complexity index is 1140. The fraction of sp³-hybridized carbons (Fsp3) is 0.182. The number of nitrogens with one attached hydrogen (secondary N) is 1. The molecule has 1 N–H and O–H groups in total. The van der Waals surface area contributed by atoms with Crippen molar-refractivity contribution in [3.63, 3.8) is 0 Å². The van der Waals surface area contributed by atoms with Gasteiger partial charge in [-0.05, 0) is 23.8 Å². The van der Waals surface area contributed by atoms with Gasteiger partial charge in [-0.3, -0.25) is 9.78 Å². The number of carbonyl (C=O) groups is 1. The number of nitrogens with zero attached hydrogens (tertiary/aromatic N) is 1. The second kappa shape index (κ2) is 7.96. The van der Waals surface area contributed by atoms with E-state index < -0.39 is 0 Å². The van der Waals surface area contributed by atoms with E-state index in [0.29, 0.717) is 18.0 Å². The van der Waals surface area contributed by atoms with E-state index in [-0.39, 0.29) is 5.91 Å². The molecule has 28 heavy (non-hydrogen) atoms. The molecule has 0 aliphatic carbocycles. The zero-order chi connectivity index (χ0) is 19.5. The van der Waals surface area contributed by atoms with Crippen LogP contribution < -0.4 is 10.1 Å². The predicted octanol–water partition coefficient (Wildman–Crippen LogP) is 4.50. The van der Waals surface area contributed by atoms with Gasteiger partial charge in [-0.1, -0.05) is 30.3 Å². The lowest BCUT2D eigenvalue weighted by molar-refractivity contribution is 0.0942. The van der Waals surface area contributed by atoms with Crippen LogP contribution in [0.4, 0.5) is 0 Å². The van der Waals surface area contributed by atoms with Crippen molar-refractivity contribution in [1.82, 2.24) is 10.3 Å². The number of carbonyl (C=O) groups excluding carboxylic acids is 1. The highest BCUT2D eigenvalue weighted by Gasteiger charge is 2.21. The van der Waals surface area contributed by atoms with Crippen LogP contribution in [0.5, 0.6) is 5.75 Å². The fourth-order valence-electron chi connectivity index (χ4n) is 3.24. The van der Waals surface area contributed by atoms with Crippen LogP contribution in [0.1, 0.15) is 9.67 Å². The highest BCUT2D eigenvalue weighted by atomic mass is 32.1. The number of benzene rings is 2. The van der Waals surface area contributed by atoms with Gasteiger partial charge in [0.2, 0.25) is 0 Å². The Labute approximate surface area is 166 Å². The number of hydrogen-bond donors (Lipinski definition) is 1. The van der Waals surface area contributed by atoms with Crippen molar-refractivity contribution in [3.8, 4) is 16.9 Å². The number of aromatic nitrogens is 1. The minimum absolute atomic E-state index is 0.104. The zero-order valence-corrected chi connectivity index (χ0v) is 16.5. The molecule has 2 aromatic carbocycles. The number of hydrogen-bond acceptors (Lipinski definition) is 5. The van der Waals surface area contributed by atoms with Crippen LogP contribution in [0.3, 0.4) is 0 Å². The lowest BCUT2D eigenvalue weighted by Crippen LogP contribution is -2.26. The molecule has 0 aliphatic rings. The van der Waals surface area contributed by atoms with E-state index in [4.69, 9.17) is 9.47 Å². The summed E-state index contributed by atoms with van der Waals surface area (Å²) in [6.07, 6.45) is 1.86. The molecule has 0 spiro atoms. The maximum absolute atomic E-state index is 12.9. The van der Waals surface area contributed by atoms with Crippen LogP contribution >= 0.6 is 11.3 Å². The van der Waals surface area contributed by atoms with Gasteiger partial charge in [0.25, 0.3) is 5.91 Å². The molecule has 4 aromatic rings. The molecular formula is C22H20N2O3S. The van der Waals surface area contributed by atoms with Gasteiger partial charge in [0.05, 0.1) is 19.2 Å². The SMILES string of the molecule is COCCNC(=O)c1sc2c(cnc3ccc(OC)cc32)c1-c1ccccc1. The van der Waals surface area contributed by atoms with Crippen molar-refractivity contribution in [1.29, 1.82) is 0 Å². The van der Waals surface area contributed by atoms with Crippen molar-refractivity contribution in [2.45, 2.75) is 0 Å². The number of methoxy groups -OCH3 is 2. The van der Waals surface area contributed by atoms with Crippen LogP contribution in [0, 0.1) is 0 Å². The summed E-state index contributed by atoms with van der Waals surface area (Å²) >= 11 is 1.49. The number of amides is 1. The Kier molecular flexibility index (Phi) is 5.23. The molecule has 0 radical (unpaired) electrons. The van der Waals surface area contributed by atoms with Crippen molar-refractivity contribution in [3.05, 3.63) is 59.6 Å². The molecule has 0 aliphatic heterocycles. The molecule has 1 amide bonds. The smallest absolute Gasteiger partial charge is 0.262 e. The van der Waals surface area contributed by atoms with E-state index in [9.17, 15) is 4.79 Å². The number of ether oxygens (including phenoxy) is 2.